The van der Waals surface area contributed by atoms with E-state index >= 15 is 0 Å². The van der Waals surface area contributed by atoms with Gasteiger partial charge in [0, 0.05) is 24.2 Å². The van der Waals surface area contributed by atoms with Gasteiger partial charge in [0.25, 0.3) is 0 Å². The summed E-state index contributed by atoms with van der Waals surface area (Å²) in [4.78, 5) is 0. The Labute approximate surface area is 109 Å². The number of hydrazine groups is 1. The van der Waals surface area contributed by atoms with Crippen LogP contribution in [0.4, 0.5) is 4.39 Å². The van der Waals surface area contributed by atoms with Crippen LogP contribution in [0.25, 0.3) is 0 Å². The number of hydrogen-bond donors (Lipinski definition) is 1. The molecule has 2 rings (SSSR count). The van der Waals surface area contributed by atoms with Crippen molar-refractivity contribution >= 4 is 0 Å². The largest absolute Gasteiger partial charge is 0.250 e. The molecule has 2 nitrogen and oxygen atoms in total. The fourth-order valence-electron chi connectivity index (χ4n) is 2.75. The molecule has 18 heavy (non-hydrogen) atoms. The van der Waals surface area contributed by atoms with E-state index in [1.165, 1.54) is 19.3 Å². The van der Waals surface area contributed by atoms with Crippen LogP contribution in [0.3, 0.4) is 0 Å². The van der Waals surface area contributed by atoms with Crippen molar-refractivity contribution in [3.05, 3.63) is 35.1 Å². The Bertz CT molecular complexity index is 395. The van der Waals surface area contributed by atoms with Gasteiger partial charge in [-0.3, -0.25) is 5.43 Å². The molecule has 0 aliphatic carbocycles. The number of hydrogen-bond acceptors (Lipinski definition) is 2. The van der Waals surface area contributed by atoms with Crippen LogP contribution in [0.15, 0.2) is 18.2 Å². The standard InChI is InChI=1S/C15H23FN2/c1-11-7-8-15(16)14(9-11)10-17-18-12(2)5-4-6-13(18)3/h7-9,12-13,17H,4-6,10H2,1-3H3. The molecule has 1 heterocycles. The lowest BCUT2D eigenvalue weighted by Gasteiger charge is -2.39. The van der Waals surface area contributed by atoms with E-state index in [-0.39, 0.29) is 5.82 Å². The average molecular weight is 250 g/mol. The van der Waals surface area contributed by atoms with Gasteiger partial charge in [0.15, 0.2) is 0 Å². The van der Waals surface area contributed by atoms with Crippen LogP contribution < -0.4 is 5.43 Å². The molecule has 1 saturated heterocycles. The minimum Gasteiger partial charge on any atom is -0.250 e. The molecule has 0 amide bonds. The monoisotopic (exact) mass is 250 g/mol. The molecular formula is C15H23FN2. The van der Waals surface area contributed by atoms with Crippen molar-refractivity contribution in [2.75, 3.05) is 0 Å². The molecule has 1 aliphatic heterocycles. The lowest BCUT2D eigenvalue weighted by atomic mass is 10.00. The first kappa shape index (κ1) is 13.5. The number of piperidine rings is 1. The molecule has 1 fully saturated rings. The zero-order valence-corrected chi connectivity index (χ0v) is 11.5. The normalized spacial score (nSPS) is 25.3. The molecule has 0 radical (unpaired) electrons. The van der Waals surface area contributed by atoms with E-state index in [9.17, 15) is 4.39 Å². The van der Waals surface area contributed by atoms with Crippen LogP contribution in [-0.4, -0.2) is 17.1 Å². The molecule has 0 bridgehead atoms. The summed E-state index contributed by atoms with van der Waals surface area (Å²) < 4.78 is 13.7. The zero-order chi connectivity index (χ0) is 13.1. The maximum absolute atomic E-state index is 13.7. The molecule has 3 heteroatoms. The van der Waals surface area contributed by atoms with E-state index in [0.717, 1.165) is 11.1 Å². The summed E-state index contributed by atoms with van der Waals surface area (Å²) >= 11 is 0. The molecule has 0 spiro atoms. The first-order valence-electron chi connectivity index (χ1n) is 6.85. The second-order valence-electron chi connectivity index (χ2n) is 5.47. The summed E-state index contributed by atoms with van der Waals surface area (Å²) in [7, 11) is 0. The first-order chi connectivity index (χ1) is 8.58. The van der Waals surface area contributed by atoms with Gasteiger partial charge in [-0.05, 0) is 39.7 Å². The lowest BCUT2D eigenvalue weighted by Crippen LogP contribution is -2.51. The Kier molecular flexibility index (Phi) is 4.36. The van der Waals surface area contributed by atoms with Crippen LogP contribution in [-0.2, 0) is 6.54 Å². The Morgan fingerprint density at radius 2 is 1.94 bits per heavy atom. The predicted molar refractivity (Wildman–Crippen MR) is 72.6 cm³/mol. The van der Waals surface area contributed by atoms with Crippen LogP contribution in [0, 0.1) is 12.7 Å². The summed E-state index contributed by atoms with van der Waals surface area (Å²) in [5, 5.41) is 2.28. The molecule has 2 unspecified atom stereocenters. The third-order valence-electron chi connectivity index (χ3n) is 3.85. The third-order valence-corrected chi connectivity index (χ3v) is 3.85. The quantitative estimate of drug-likeness (QED) is 0.884. The lowest BCUT2D eigenvalue weighted by molar-refractivity contribution is 0.0432. The second-order valence-corrected chi connectivity index (χ2v) is 5.47. The van der Waals surface area contributed by atoms with Crippen molar-refractivity contribution in [3.63, 3.8) is 0 Å². The molecule has 0 saturated carbocycles. The van der Waals surface area contributed by atoms with Crippen molar-refractivity contribution in [1.29, 1.82) is 0 Å². The van der Waals surface area contributed by atoms with Crippen LogP contribution in [0.2, 0.25) is 0 Å². The summed E-state index contributed by atoms with van der Waals surface area (Å²) in [5.74, 6) is -0.120. The van der Waals surface area contributed by atoms with Gasteiger partial charge in [-0.25, -0.2) is 9.40 Å². The third kappa shape index (κ3) is 3.09. The van der Waals surface area contributed by atoms with Gasteiger partial charge in [0.2, 0.25) is 0 Å². The smallest absolute Gasteiger partial charge is 0.127 e. The van der Waals surface area contributed by atoms with Crippen molar-refractivity contribution in [3.8, 4) is 0 Å². The Morgan fingerprint density at radius 1 is 1.28 bits per heavy atom. The highest BCUT2D eigenvalue weighted by atomic mass is 19.1. The van der Waals surface area contributed by atoms with Gasteiger partial charge in [-0.15, -0.1) is 0 Å². The number of benzene rings is 1. The second kappa shape index (κ2) is 5.81. The van der Waals surface area contributed by atoms with Gasteiger partial charge in [0.1, 0.15) is 5.82 Å². The van der Waals surface area contributed by atoms with Gasteiger partial charge >= 0.3 is 0 Å². The number of rotatable bonds is 3. The molecule has 100 valence electrons. The summed E-state index contributed by atoms with van der Waals surface area (Å²) in [6.45, 7) is 7.03. The molecule has 1 aromatic rings. The maximum atomic E-state index is 13.7. The van der Waals surface area contributed by atoms with Crippen LogP contribution in [0.1, 0.15) is 44.2 Å². The minimum atomic E-state index is -0.120. The van der Waals surface area contributed by atoms with Gasteiger partial charge in [0.05, 0.1) is 0 Å². The fraction of sp³-hybridized carbons (Fsp3) is 0.600. The van der Waals surface area contributed by atoms with E-state index < -0.39 is 0 Å². The molecule has 2 atom stereocenters. The summed E-state index contributed by atoms with van der Waals surface area (Å²) in [6.07, 6.45) is 3.72. The van der Waals surface area contributed by atoms with Crippen molar-refractivity contribution < 1.29 is 4.39 Å². The number of nitrogens with zero attached hydrogens (tertiary/aromatic N) is 1. The van der Waals surface area contributed by atoms with E-state index in [1.54, 1.807) is 6.07 Å². The van der Waals surface area contributed by atoms with Crippen LogP contribution in [0.5, 0.6) is 0 Å². The fourth-order valence-corrected chi connectivity index (χ4v) is 2.75. The van der Waals surface area contributed by atoms with E-state index in [0.29, 0.717) is 18.6 Å². The highest BCUT2D eigenvalue weighted by Gasteiger charge is 2.24. The number of halogens is 1. The minimum absolute atomic E-state index is 0.120. The first-order valence-corrected chi connectivity index (χ1v) is 6.85. The molecular weight excluding hydrogens is 227 g/mol. The SMILES string of the molecule is Cc1ccc(F)c(CNN2C(C)CCCC2C)c1. The van der Waals surface area contributed by atoms with Gasteiger partial charge in [-0.1, -0.05) is 24.1 Å². The molecule has 1 aromatic carbocycles. The topological polar surface area (TPSA) is 15.3 Å². The van der Waals surface area contributed by atoms with E-state index in [2.05, 4.69) is 24.3 Å². The van der Waals surface area contributed by atoms with Crippen LogP contribution >= 0.6 is 0 Å². The number of aryl methyl sites for hydroxylation is 1. The van der Waals surface area contributed by atoms with Crippen molar-refractivity contribution in [1.82, 2.24) is 10.4 Å². The van der Waals surface area contributed by atoms with E-state index in [1.807, 2.05) is 19.1 Å². The molecule has 1 N–H and O–H groups in total. The van der Waals surface area contributed by atoms with Gasteiger partial charge < -0.3 is 0 Å². The number of nitrogens with one attached hydrogen (secondary N) is 1. The Hall–Kier alpha value is -0.930. The Morgan fingerprint density at radius 3 is 2.61 bits per heavy atom. The van der Waals surface area contributed by atoms with E-state index in [4.69, 9.17) is 0 Å². The van der Waals surface area contributed by atoms with Gasteiger partial charge in [-0.2, -0.15) is 0 Å². The van der Waals surface area contributed by atoms with Crippen molar-refractivity contribution in [2.45, 2.75) is 58.7 Å². The predicted octanol–water partition coefficient (Wildman–Crippen LogP) is 3.40. The molecule has 1 aliphatic rings. The zero-order valence-electron chi connectivity index (χ0n) is 11.5. The highest BCUT2D eigenvalue weighted by Crippen LogP contribution is 2.20. The molecule has 0 aromatic heterocycles. The van der Waals surface area contributed by atoms with Crippen molar-refractivity contribution in [2.24, 2.45) is 0 Å². The average Bonchev–Trinajstić information content (AvgIpc) is 2.33. The summed E-state index contributed by atoms with van der Waals surface area (Å²) in [6, 6.07) is 6.34. The maximum Gasteiger partial charge on any atom is 0.127 e. The summed E-state index contributed by atoms with van der Waals surface area (Å²) in [5.41, 5.74) is 5.25. The Balaban J connectivity index is 1.99. The highest BCUT2D eigenvalue weighted by molar-refractivity contribution is 5.23.